The van der Waals surface area contributed by atoms with Crippen molar-refractivity contribution in [1.29, 1.82) is 0 Å². The van der Waals surface area contributed by atoms with E-state index in [9.17, 15) is 43.5 Å². The maximum Gasteiger partial charge on any atom is 0.303 e. The van der Waals surface area contributed by atoms with E-state index in [0.717, 1.165) is 21.2 Å². The van der Waals surface area contributed by atoms with Crippen LogP contribution in [0.15, 0.2) is 67.0 Å². The monoisotopic (exact) mass is 788 g/mol. The van der Waals surface area contributed by atoms with Crippen molar-refractivity contribution >= 4 is 58.1 Å². The molecular formula is C39H48N8O10. The van der Waals surface area contributed by atoms with Gasteiger partial charge in [0.1, 0.15) is 23.7 Å². The van der Waals surface area contributed by atoms with E-state index in [4.69, 9.17) is 16.2 Å². The summed E-state index contributed by atoms with van der Waals surface area (Å²) < 4.78 is 5.46. The van der Waals surface area contributed by atoms with Gasteiger partial charge < -0.3 is 47.5 Å². The number of carbonyl (C=O) groups is 8. The van der Waals surface area contributed by atoms with Crippen molar-refractivity contribution in [3.05, 3.63) is 78.1 Å². The number of aryl methyl sites for hydroxylation is 1. The highest BCUT2D eigenvalue weighted by atomic mass is 16.5. The van der Waals surface area contributed by atoms with Crippen LogP contribution >= 0.6 is 0 Å². The van der Waals surface area contributed by atoms with E-state index in [1.165, 1.54) is 19.4 Å². The number of hydrogen-bond donors (Lipinski definition) is 7. The summed E-state index contributed by atoms with van der Waals surface area (Å²) in [6.45, 7) is -0.249. The standard InChI is InChI=1S/C39H48N8O10/c1-47(23-32(41)49)37(55)30(20-25-5-4-16-42-22-25)44-36(54)29(21-31(40)48)43-35(53)28(11-13-34(51)52)45-38(56)39(14-17-57-18-15-39)46-33(50)12-9-24-8-10-26-6-2-3-7-27(26)19-24/h2-8,10,16,19,22,28-30H,9,11-15,17-18,20-21,23H2,1H3,(H2,40,48)(H2,41,49)(H,43,53)(H,44,54)(H,45,56)(H,46,50)(H,51,52)/t28-,29+,30-/m0/s1. The van der Waals surface area contributed by atoms with Gasteiger partial charge in [0.2, 0.25) is 41.4 Å². The minimum Gasteiger partial charge on any atom is -0.481 e. The average Bonchev–Trinajstić information content (AvgIpc) is 3.17. The number of pyridine rings is 1. The van der Waals surface area contributed by atoms with E-state index in [0.29, 0.717) is 12.0 Å². The van der Waals surface area contributed by atoms with Gasteiger partial charge in [-0.2, -0.15) is 0 Å². The molecule has 18 nitrogen and oxygen atoms in total. The number of carboxylic acids is 1. The third-order valence-corrected chi connectivity index (χ3v) is 9.47. The number of amides is 7. The largest absolute Gasteiger partial charge is 0.481 e. The van der Waals surface area contributed by atoms with Gasteiger partial charge in [0, 0.05) is 64.8 Å². The molecule has 0 radical (unpaired) electrons. The fraction of sp³-hybridized carbons (Fsp3) is 0.410. The summed E-state index contributed by atoms with van der Waals surface area (Å²) in [4.78, 5) is 108. The summed E-state index contributed by atoms with van der Waals surface area (Å²) >= 11 is 0. The normalized spacial score (nSPS) is 14.9. The first-order chi connectivity index (χ1) is 27.2. The van der Waals surface area contributed by atoms with Gasteiger partial charge in [-0.1, -0.05) is 48.5 Å². The number of primary amides is 2. The number of carbonyl (C=O) groups excluding carboxylic acids is 7. The number of ether oxygens (including phenoxy) is 1. The minimum atomic E-state index is -1.68. The number of nitrogens with zero attached hydrogens (tertiary/aromatic N) is 2. The van der Waals surface area contributed by atoms with Crippen LogP contribution in [-0.4, -0.2) is 113 Å². The first kappa shape index (κ1) is 43.3. The number of likely N-dealkylation sites (N-methyl/N-ethyl adjacent to an activating group) is 1. The average molecular weight is 789 g/mol. The Morgan fingerprint density at radius 3 is 2.16 bits per heavy atom. The second-order valence-corrected chi connectivity index (χ2v) is 13.9. The summed E-state index contributed by atoms with van der Waals surface area (Å²) in [6, 6.07) is 12.4. The van der Waals surface area contributed by atoms with Gasteiger partial charge in [-0.3, -0.25) is 43.3 Å². The zero-order chi connectivity index (χ0) is 41.5. The summed E-state index contributed by atoms with van der Waals surface area (Å²) in [7, 11) is 1.30. The Hall–Kier alpha value is -6.43. The molecule has 3 atom stereocenters. The quantitative estimate of drug-likeness (QED) is 0.0745. The second-order valence-electron chi connectivity index (χ2n) is 13.9. The molecule has 1 fully saturated rings. The van der Waals surface area contributed by atoms with Crippen molar-refractivity contribution < 1.29 is 48.2 Å². The predicted molar refractivity (Wildman–Crippen MR) is 204 cm³/mol. The fourth-order valence-corrected chi connectivity index (χ4v) is 6.43. The molecular weight excluding hydrogens is 740 g/mol. The Morgan fingerprint density at radius 2 is 1.51 bits per heavy atom. The van der Waals surface area contributed by atoms with Crippen LogP contribution in [0.25, 0.3) is 10.8 Å². The molecule has 57 heavy (non-hydrogen) atoms. The van der Waals surface area contributed by atoms with Gasteiger partial charge in [0.25, 0.3) is 0 Å². The van der Waals surface area contributed by atoms with Crippen molar-refractivity contribution in [3.8, 4) is 0 Å². The van der Waals surface area contributed by atoms with Crippen LogP contribution in [0.2, 0.25) is 0 Å². The predicted octanol–water partition coefficient (Wildman–Crippen LogP) is -0.786. The Kier molecular flexibility index (Phi) is 15.6. The van der Waals surface area contributed by atoms with Crippen LogP contribution in [0.1, 0.15) is 49.7 Å². The molecule has 9 N–H and O–H groups in total. The number of aromatic nitrogens is 1. The molecule has 0 aliphatic carbocycles. The molecule has 0 spiro atoms. The Morgan fingerprint density at radius 1 is 0.825 bits per heavy atom. The molecule has 1 aliphatic rings. The van der Waals surface area contributed by atoms with Crippen molar-refractivity contribution in [2.75, 3.05) is 26.8 Å². The molecule has 1 aromatic heterocycles. The molecule has 0 saturated carbocycles. The van der Waals surface area contributed by atoms with E-state index in [1.807, 2.05) is 42.5 Å². The molecule has 0 bridgehead atoms. The van der Waals surface area contributed by atoms with E-state index in [1.54, 1.807) is 12.1 Å². The molecule has 3 aromatic rings. The first-order valence-corrected chi connectivity index (χ1v) is 18.4. The van der Waals surface area contributed by atoms with Gasteiger partial charge in [0.05, 0.1) is 13.0 Å². The minimum absolute atomic E-state index is 0.0453. The Labute approximate surface area is 328 Å². The summed E-state index contributed by atoms with van der Waals surface area (Å²) in [5, 5.41) is 21.8. The summed E-state index contributed by atoms with van der Waals surface area (Å²) in [5.41, 5.74) is 10.6. The SMILES string of the molecule is CN(CC(N)=O)C(=O)[C@H](Cc1cccnc1)NC(=O)[C@@H](CC(N)=O)NC(=O)[C@H](CCC(=O)O)NC(=O)C1(NC(=O)CCc2ccc3ccccc3c2)CCOCC1. The summed E-state index contributed by atoms with van der Waals surface area (Å²) in [5.74, 6) is -7.07. The van der Waals surface area contributed by atoms with Gasteiger partial charge in [0.15, 0.2) is 0 Å². The van der Waals surface area contributed by atoms with Crippen LogP contribution in [0.3, 0.4) is 0 Å². The molecule has 1 aliphatic heterocycles. The van der Waals surface area contributed by atoms with Crippen LogP contribution in [0, 0.1) is 0 Å². The third-order valence-electron chi connectivity index (χ3n) is 9.47. The number of nitrogens with two attached hydrogens (primary N) is 2. The van der Waals surface area contributed by atoms with Crippen LogP contribution < -0.4 is 32.7 Å². The van der Waals surface area contributed by atoms with E-state index >= 15 is 0 Å². The zero-order valence-electron chi connectivity index (χ0n) is 31.5. The molecule has 4 rings (SSSR count). The maximum absolute atomic E-state index is 14.0. The van der Waals surface area contributed by atoms with Gasteiger partial charge >= 0.3 is 5.97 Å². The van der Waals surface area contributed by atoms with E-state index < -0.39 is 96.8 Å². The third kappa shape index (κ3) is 13.1. The Balaban J connectivity index is 1.50. The van der Waals surface area contributed by atoms with Crippen LogP contribution in [0.4, 0.5) is 0 Å². The number of hydrogen-bond acceptors (Lipinski definition) is 10. The van der Waals surface area contributed by atoms with Crippen LogP contribution in [-0.2, 0) is 55.9 Å². The first-order valence-electron chi connectivity index (χ1n) is 18.4. The lowest BCUT2D eigenvalue weighted by Gasteiger charge is -2.37. The lowest BCUT2D eigenvalue weighted by atomic mass is 9.88. The van der Waals surface area contributed by atoms with E-state index in [-0.39, 0.29) is 38.9 Å². The molecule has 2 aromatic carbocycles. The highest BCUT2D eigenvalue weighted by molar-refractivity contribution is 5.98. The molecule has 18 heteroatoms. The van der Waals surface area contributed by atoms with Crippen molar-refractivity contribution in [2.24, 2.45) is 11.5 Å². The fourth-order valence-electron chi connectivity index (χ4n) is 6.43. The Bertz CT molecular complexity index is 1950. The van der Waals surface area contributed by atoms with Gasteiger partial charge in [-0.05, 0) is 40.8 Å². The summed E-state index contributed by atoms with van der Waals surface area (Å²) in [6.07, 6.45) is 1.64. The number of aliphatic carboxylic acids is 1. The van der Waals surface area contributed by atoms with Crippen molar-refractivity contribution in [2.45, 2.75) is 75.0 Å². The highest BCUT2D eigenvalue weighted by Crippen LogP contribution is 2.23. The van der Waals surface area contributed by atoms with Gasteiger partial charge in [-0.25, -0.2) is 0 Å². The van der Waals surface area contributed by atoms with Gasteiger partial charge in [-0.15, -0.1) is 0 Å². The number of benzene rings is 2. The zero-order valence-corrected chi connectivity index (χ0v) is 31.5. The molecule has 2 heterocycles. The highest BCUT2D eigenvalue weighted by Gasteiger charge is 2.43. The number of rotatable bonds is 20. The second kappa shape index (κ2) is 20.5. The topological polar surface area (TPSA) is 282 Å². The lowest BCUT2D eigenvalue weighted by molar-refractivity contribution is -0.141. The number of carboxylic acid groups (broad SMARTS) is 1. The van der Waals surface area contributed by atoms with Crippen molar-refractivity contribution in [1.82, 2.24) is 31.2 Å². The molecule has 7 amide bonds. The molecule has 1 saturated heterocycles. The number of fused-ring (bicyclic) bond motifs is 1. The molecule has 0 unspecified atom stereocenters. The van der Waals surface area contributed by atoms with E-state index in [2.05, 4.69) is 26.3 Å². The maximum atomic E-state index is 14.0. The molecule has 304 valence electrons. The van der Waals surface area contributed by atoms with Crippen molar-refractivity contribution in [3.63, 3.8) is 0 Å². The lowest BCUT2D eigenvalue weighted by Crippen LogP contribution is -2.64. The van der Waals surface area contributed by atoms with Crippen LogP contribution in [0.5, 0.6) is 0 Å². The number of nitrogens with one attached hydrogen (secondary N) is 4. The smallest absolute Gasteiger partial charge is 0.303 e.